The van der Waals surface area contributed by atoms with Crippen LogP contribution in [0.3, 0.4) is 0 Å². The topological polar surface area (TPSA) is 113 Å². The van der Waals surface area contributed by atoms with Crippen molar-refractivity contribution in [2.45, 2.75) is 13.8 Å². The fourth-order valence-corrected chi connectivity index (χ4v) is 2.73. The van der Waals surface area contributed by atoms with E-state index in [9.17, 15) is 13.2 Å². The van der Waals surface area contributed by atoms with Crippen LogP contribution < -0.4 is 21.1 Å². The van der Waals surface area contributed by atoms with Crippen LogP contribution in [0.15, 0.2) is 18.2 Å². The van der Waals surface area contributed by atoms with Crippen molar-refractivity contribution < 1.29 is 13.2 Å². The Morgan fingerprint density at radius 1 is 1.24 bits per heavy atom. The number of nitrogen functional groups attached to an aromatic ring is 1. The van der Waals surface area contributed by atoms with Crippen LogP contribution in [0, 0.1) is 0 Å². The molecule has 1 amide bonds. The molecule has 0 aliphatic rings. The second-order valence-corrected chi connectivity index (χ2v) is 6.33. The van der Waals surface area contributed by atoms with E-state index in [0.29, 0.717) is 30.0 Å². The third-order valence-corrected chi connectivity index (χ3v) is 4.15. The fourth-order valence-electron chi connectivity index (χ4n) is 1.77. The number of sulfonamides is 1. The van der Waals surface area contributed by atoms with Crippen molar-refractivity contribution in [1.29, 1.82) is 0 Å². The lowest BCUT2D eigenvalue weighted by Gasteiger charge is -2.13. The molecular weight excluding hydrogens is 292 g/mol. The molecule has 0 aromatic heterocycles. The maximum Gasteiger partial charge on any atom is 0.253 e. The Morgan fingerprint density at radius 3 is 2.57 bits per heavy atom. The zero-order chi connectivity index (χ0) is 15.9. The van der Waals surface area contributed by atoms with Gasteiger partial charge in [-0.05, 0) is 25.1 Å². The van der Waals surface area contributed by atoms with Gasteiger partial charge in [-0.15, -0.1) is 0 Å². The molecule has 0 spiro atoms. The summed E-state index contributed by atoms with van der Waals surface area (Å²) in [6.07, 6.45) is 0. The first-order chi connectivity index (χ1) is 9.89. The second-order valence-electron chi connectivity index (χ2n) is 4.41. The molecule has 118 valence electrons. The van der Waals surface area contributed by atoms with E-state index in [1.54, 1.807) is 25.1 Å². The number of benzene rings is 1. The Morgan fingerprint density at radius 2 is 1.95 bits per heavy atom. The highest BCUT2D eigenvalue weighted by Gasteiger charge is 2.12. The second kappa shape index (κ2) is 7.84. The molecule has 0 heterocycles. The summed E-state index contributed by atoms with van der Waals surface area (Å²) in [6, 6.07) is 4.86. The molecule has 0 saturated carbocycles. The number of amides is 1. The minimum atomic E-state index is -3.30. The molecule has 5 N–H and O–H groups in total. The average molecular weight is 314 g/mol. The number of hydrogen-bond acceptors (Lipinski definition) is 5. The van der Waals surface area contributed by atoms with E-state index in [1.165, 1.54) is 0 Å². The minimum absolute atomic E-state index is 0.0789. The summed E-state index contributed by atoms with van der Waals surface area (Å²) in [5.74, 6) is -0.306. The Kier molecular flexibility index (Phi) is 6.44. The van der Waals surface area contributed by atoms with Gasteiger partial charge in [-0.2, -0.15) is 0 Å². The van der Waals surface area contributed by atoms with Gasteiger partial charge in [0.2, 0.25) is 10.0 Å². The molecule has 0 atom stereocenters. The molecule has 8 heteroatoms. The van der Waals surface area contributed by atoms with Crippen molar-refractivity contribution in [3.63, 3.8) is 0 Å². The number of rotatable bonds is 8. The summed E-state index contributed by atoms with van der Waals surface area (Å²) in [5, 5.41) is 5.65. The van der Waals surface area contributed by atoms with Gasteiger partial charge in [0, 0.05) is 31.0 Å². The highest BCUT2D eigenvalue weighted by molar-refractivity contribution is 7.89. The quantitative estimate of drug-likeness (QED) is 0.518. The number of nitrogens with one attached hydrogen (secondary N) is 3. The molecule has 0 saturated heterocycles. The lowest BCUT2D eigenvalue weighted by molar-refractivity contribution is 0.0956. The number of carbonyl (C=O) groups excluding carboxylic acids is 1. The molecule has 0 aliphatic carbocycles. The van der Waals surface area contributed by atoms with Crippen molar-refractivity contribution in [2.75, 3.05) is 36.4 Å². The highest BCUT2D eigenvalue weighted by atomic mass is 32.2. The van der Waals surface area contributed by atoms with Crippen molar-refractivity contribution in [2.24, 2.45) is 0 Å². The zero-order valence-electron chi connectivity index (χ0n) is 12.3. The third-order valence-electron chi connectivity index (χ3n) is 2.68. The first-order valence-corrected chi connectivity index (χ1v) is 8.43. The van der Waals surface area contributed by atoms with Gasteiger partial charge < -0.3 is 16.4 Å². The van der Waals surface area contributed by atoms with Crippen LogP contribution in [0.4, 0.5) is 11.4 Å². The van der Waals surface area contributed by atoms with Gasteiger partial charge in [-0.3, -0.25) is 4.79 Å². The van der Waals surface area contributed by atoms with Crippen LogP contribution >= 0.6 is 0 Å². The Balaban J connectivity index is 2.78. The van der Waals surface area contributed by atoms with Crippen LogP contribution in [-0.2, 0) is 10.0 Å². The molecule has 1 aromatic rings. The molecule has 0 unspecified atom stereocenters. The van der Waals surface area contributed by atoms with Gasteiger partial charge >= 0.3 is 0 Å². The van der Waals surface area contributed by atoms with E-state index in [1.807, 2.05) is 6.92 Å². The monoisotopic (exact) mass is 314 g/mol. The highest BCUT2D eigenvalue weighted by Crippen LogP contribution is 2.19. The van der Waals surface area contributed by atoms with Gasteiger partial charge in [0.05, 0.1) is 11.3 Å². The van der Waals surface area contributed by atoms with Gasteiger partial charge in [0.15, 0.2) is 0 Å². The summed E-state index contributed by atoms with van der Waals surface area (Å²) in [5.41, 5.74) is 7.16. The van der Waals surface area contributed by atoms with Crippen molar-refractivity contribution in [3.05, 3.63) is 23.8 Å². The summed E-state index contributed by atoms with van der Waals surface area (Å²) >= 11 is 0. The van der Waals surface area contributed by atoms with Crippen LogP contribution in [0.1, 0.15) is 24.2 Å². The SMILES string of the molecule is CCNC(=O)c1ccc(N)cc1NCCS(=O)(=O)NCC. The van der Waals surface area contributed by atoms with Crippen LogP contribution in [-0.4, -0.2) is 39.7 Å². The number of carbonyl (C=O) groups is 1. The molecule has 0 fully saturated rings. The van der Waals surface area contributed by atoms with Crippen LogP contribution in [0.2, 0.25) is 0 Å². The maximum absolute atomic E-state index is 11.9. The lowest BCUT2D eigenvalue weighted by atomic mass is 10.1. The molecule has 7 nitrogen and oxygen atoms in total. The molecule has 1 aromatic carbocycles. The van der Waals surface area contributed by atoms with E-state index < -0.39 is 10.0 Å². The Labute approximate surface area is 125 Å². The first-order valence-electron chi connectivity index (χ1n) is 6.78. The molecule has 1 rings (SSSR count). The van der Waals surface area contributed by atoms with Gasteiger partial charge in [0.1, 0.15) is 0 Å². The summed E-state index contributed by atoms with van der Waals surface area (Å²) in [4.78, 5) is 11.9. The van der Waals surface area contributed by atoms with Gasteiger partial charge in [-0.25, -0.2) is 13.1 Å². The lowest BCUT2D eigenvalue weighted by Crippen LogP contribution is -2.30. The normalized spacial score (nSPS) is 11.1. The largest absolute Gasteiger partial charge is 0.399 e. The molecule has 0 bridgehead atoms. The fraction of sp³-hybridized carbons (Fsp3) is 0.462. The number of hydrogen-bond donors (Lipinski definition) is 4. The summed E-state index contributed by atoms with van der Waals surface area (Å²) in [6.45, 7) is 4.59. The first kappa shape index (κ1) is 17.3. The third kappa shape index (κ3) is 5.60. The smallest absolute Gasteiger partial charge is 0.253 e. The summed E-state index contributed by atoms with van der Waals surface area (Å²) in [7, 11) is -3.30. The molecule has 0 aliphatic heterocycles. The van der Waals surface area contributed by atoms with Crippen molar-refractivity contribution in [3.8, 4) is 0 Å². The molecular formula is C13H22N4O3S. The van der Waals surface area contributed by atoms with E-state index in [0.717, 1.165) is 0 Å². The van der Waals surface area contributed by atoms with E-state index in [2.05, 4.69) is 15.4 Å². The Hall–Kier alpha value is -1.80. The van der Waals surface area contributed by atoms with E-state index in [4.69, 9.17) is 5.73 Å². The maximum atomic E-state index is 11.9. The van der Waals surface area contributed by atoms with Crippen molar-refractivity contribution in [1.82, 2.24) is 10.0 Å². The number of anilines is 2. The predicted octanol–water partition coefficient (Wildman–Crippen LogP) is 0.370. The van der Waals surface area contributed by atoms with Crippen molar-refractivity contribution >= 4 is 27.3 Å². The van der Waals surface area contributed by atoms with Gasteiger partial charge in [0.25, 0.3) is 5.91 Å². The zero-order valence-corrected chi connectivity index (χ0v) is 13.1. The van der Waals surface area contributed by atoms with E-state index in [-0.39, 0.29) is 18.2 Å². The Bertz CT molecular complexity index is 587. The van der Waals surface area contributed by atoms with Crippen LogP contribution in [0.5, 0.6) is 0 Å². The number of nitrogens with two attached hydrogens (primary N) is 1. The standard InChI is InChI=1S/C13H22N4O3S/c1-3-15-13(18)11-6-5-10(14)9-12(11)16-7-8-21(19,20)17-4-2/h5-6,9,16-17H,3-4,7-8,14H2,1-2H3,(H,15,18). The van der Waals surface area contributed by atoms with E-state index >= 15 is 0 Å². The predicted molar refractivity (Wildman–Crippen MR) is 84.8 cm³/mol. The van der Waals surface area contributed by atoms with Gasteiger partial charge in [-0.1, -0.05) is 6.92 Å². The summed E-state index contributed by atoms with van der Waals surface area (Å²) < 4.78 is 25.5. The van der Waals surface area contributed by atoms with Crippen LogP contribution in [0.25, 0.3) is 0 Å². The minimum Gasteiger partial charge on any atom is -0.399 e. The average Bonchev–Trinajstić information content (AvgIpc) is 2.38. The molecule has 0 radical (unpaired) electrons. The molecule has 21 heavy (non-hydrogen) atoms.